The first-order valence-electron chi connectivity index (χ1n) is 25.3. The zero-order valence-corrected chi connectivity index (χ0v) is 42.7. The molecule has 18 heteroatoms. The lowest BCUT2D eigenvalue weighted by molar-refractivity contribution is -0.354. The molecule has 0 aliphatic carbocycles. The Morgan fingerprint density at radius 3 is 0.850 bits per heavy atom. The molecular weight excluding hydrogens is 1030 g/mol. The number of ether oxygens (including phenoxy) is 11. The minimum Gasteiger partial charge on any atom is -0.459 e. The van der Waals surface area contributed by atoms with E-state index in [1.54, 1.807) is 127 Å². The highest BCUT2D eigenvalue weighted by Gasteiger charge is 2.58. The van der Waals surface area contributed by atoms with Crippen molar-refractivity contribution in [2.45, 2.75) is 61.4 Å². The summed E-state index contributed by atoms with van der Waals surface area (Å²) in [5, 5.41) is 0. The van der Waals surface area contributed by atoms with Crippen LogP contribution in [-0.2, 0) is 52.1 Å². The molecule has 2 aliphatic rings. The topological polar surface area (TPSA) is 221 Å². The van der Waals surface area contributed by atoms with Gasteiger partial charge in [-0.1, -0.05) is 127 Å². The van der Waals surface area contributed by atoms with Crippen LogP contribution < -0.4 is 0 Å². The molecule has 0 N–H and O–H groups in total. The van der Waals surface area contributed by atoms with Crippen molar-refractivity contribution >= 4 is 41.8 Å². The van der Waals surface area contributed by atoms with Crippen LogP contribution >= 0.6 is 0 Å². The van der Waals surface area contributed by atoms with E-state index in [1.165, 1.54) is 92.0 Å². The molecule has 0 aromatic heterocycles. The number of carbonyl (C=O) groups excluding carboxylic acids is 7. The monoisotopic (exact) mass is 1080 g/mol. The minimum absolute atomic E-state index is 0.00771. The summed E-state index contributed by atoms with van der Waals surface area (Å²) in [5.41, 5.74) is 0.502. The number of hydrogen-bond acceptors (Lipinski definition) is 18. The highest BCUT2D eigenvalue weighted by atomic mass is 16.8. The number of rotatable bonds is 19. The first-order valence-corrected chi connectivity index (χ1v) is 25.3. The maximum Gasteiger partial charge on any atom is 0.338 e. The van der Waals surface area contributed by atoms with Crippen LogP contribution in [0.1, 0.15) is 72.5 Å². The molecule has 9 rings (SSSR count). The number of esters is 7. The molecule has 2 fully saturated rings. The molecule has 0 saturated carbocycles. The van der Waals surface area contributed by atoms with Crippen molar-refractivity contribution in [1.82, 2.24) is 0 Å². The smallest absolute Gasteiger partial charge is 0.338 e. The zero-order valence-electron chi connectivity index (χ0n) is 42.7. The van der Waals surface area contributed by atoms with Crippen molar-refractivity contribution in [3.05, 3.63) is 251 Å². The highest BCUT2D eigenvalue weighted by molar-refractivity contribution is 5.93. The molecule has 0 amide bonds. The van der Waals surface area contributed by atoms with E-state index in [4.69, 9.17) is 52.1 Å². The average molecular weight is 1090 g/mol. The lowest BCUT2D eigenvalue weighted by Gasteiger charge is -2.48. The van der Waals surface area contributed by atoms with Crippen LogP contribution in [0.15, 0.2) is 212 Å². The van der Waals surface area contributed by atoms with E-state index in [0.29, 0.717) is 0 Å². The number of hydrogen-bond donors (Lipinski definition) is 0. The van der Waals surface area contributed by atoms with Crippen LogP contribution in [0.25, 0.3) is 0 Å². The van der Waals surface area contributed by atoms with Gasteiger partial charge in [-0.3, -0.25) is 0 Å². The average Bonchev–Trinajstić information content (AvgIpc) is 3.71. The van der Waals surface area contributed by atoms with Crippen LogP contribution in [-0.4, -0.2) is 124 Å². The van der Waals surface area contributed by atoms with Gasteiger partial charge in [0, 0.05) is 7.11 Å². The molecule has 0 bridgehead atoms. The molecule has 408 valence electrons. The summed E-state index contributed by atoms with van der Waals surface area (Å²) >= 11 is 0. The largest absolute Gasteiger partial charge is 0.459 e. The molecule has 0 radical (unpaired) electrons. The Morgan fingerprint density at radius 1 is 0.300 bits per heavy atom. The minimum atomic E-state index is -2.04. The van der Waals surface area contributed by atoms with Gasteiger partial charge in [-0.25, -0.2) is 33.6 Å². The molecule has 0 spiro atoms. The predicted molar refractivity (Wildman–Crippen MR) is 281 cm³/mol. The fourth-order valence-electron chi connectivity index (χ4n) is 8.77. The van der Waals surface area contributed by atoms with E-state index in [1.807, 2.05) is 0 Å². The summed E-state index contributed by atoms with van der Waals surface area (Å²) < 4.78 is 68.9. The van der Waals surface area contributed by atoms with E-state index >= 15 is 0 Å². The van der Waals surface area contributed by atoms with Gasteiger partial charge in [-0.2, -0.15) is 0 Å². The molecule has 7 aromatic rings. The van der Waals surface area contributed by atoms with Gasteiger partial charge in [-0.05, 0) is 84.9 Å². The van der Waals surface area contributed by atoms with Gasteiger partial charge in [0.1, 0.15) is 31.5 Å². The standard InChI is InChI=1S/C62H52O18/c1-70-61-52(78-59(68)44-33-19-7-20-34-44)51(77-58(67)43-31-17-6-18-32-43)49(47(73-61)38-72-55(64)40-25-11-3-12-26-40)80-62-53(79-60(69)45-35-21-8-22-36-45)50(76-57(66)42-29-15-5-16-30-42)48(75-56(65)41-27-13-4-14-28-41)46(74-62)37-71-54(63)39-23-9-2-10-24-39/h2-36,46-53,61-62H,37-38H2,1H3/t46-,47-,48-,49+,50+,51+,52-,53-,61+,62+/m1/s1. The quantitative estimate of drug-likeness (QED) is 0.0549. The summed E-state index contributed by atoms with van der Waals surface area (Å²) in [6, 6.07) is 54.9. The molecule has 10 atom stereocenters. The second kappa shape index (κ2) is 26.8. The van der Waals surface area contributed by atoms with Crippen LogP contribution in [0.3, 0.4) is 0 Å². The van der Waals surface area contributed by atoms with Crippen molar-refractivity contribution in [3.8, 4) is 0 Å². The number of methoxy groups -OCH3 is 1. The number of benzene rings is 7. The molecular formula is C62H52O18. The van der Waals surface area contributed by atoms with Crippen LogP contribution in [0.4, 0.5) is 0 Å². The first kappa shape index (κ1) is 55.4. The summed E-state index contributed by atoms with van der Waals surface area (Å²) in [7, 11) is 1.24. The third-order valence-corrected chi connectivity index (χ3v) is 12.7. The Morgan fingerprint density at radius 2 is 0.537 bits per heavy atom. The van der Waals surface area contributed by atoms with Gasteiger partial charge >= 0.3 is 41.8 Å². The SMILES string of the molecule is CO[C@H]1O[C@H](COC(=O)c2ccccc2)[C@H](O[C@@H]2O[C@H](COC(=O)c3ccccc3)[C@@H](OC(=O)c3ccccc3)[C@H](OC(=O)c3ccccc3)[C@H]2OC(=O)c2ccccc2)[C@H](OC(=O)c2ccccc2)[C@H]1OC(=O)c1ccccc1. The van der Waals surface area contributed by atoms with Gasteiger partial charge in [0.05, 0.1) is 38.9 Å². The molecule has 18 nitrogen and oxygen atoms in total. The summed E-state index contributed by atoms with van der Waals surface area (Å²) in [5.74, 6) is -6.45. The summed E-state index contributed by atoms with van der Waals surface area (Å²) in [6.07, 6.45) is -17.7. The molecule has 2 heterocycles. The lowest BCUT2D eigenvalue weighted by Crippen LogP contribution is -2.67. The maximum atomic E-state index is 14.5. The fraction of sp³-hybridized carbons (Fsp3) is 0.210. The fourth-order valence-corrected chi connectivity index (χ4v) is 8.77. The van der Waals surface area contributed by atoms with Crippen molar-refractivity contribution in [2.24, 2.45) is 0 Å². The Labute approximate surface area is 458 Å². The van der Waals surface area contributed by atoms with E-state index < -0.39 is 116 Å². The van der Waals surface area contributed by atoms with Gasteiger partial charge in [0.15, 0.2) is 43.1 Å². The highest BCUT2D eigenvalue weighted by Crippen LogP contribution is 2.37. The van der Waals surface area contributed by atoms with Gasteiger partial charge in [0.25, 0.3) is 0 Å². The van der Waals surface area contributed by atoms with E-state index in [9.17, 15) is 33.6 Å². The second-order valence-electron chi connectivity index (χ2n) is 18.0. The molecule has 7 aromatic carbocycles. The predicted octanol–water partition coefficient (Wildman–Crippen LogP) is 8.31. The third kappa shape index (κ3) is 13.9. The Bertz CT molecular complexity index is 3190. The summed E-state index contributed by atoms with van der Waals surface area (Å²) in [4.78, 5) is 99.2. The van der Waals surface area contributed by atoms with Gasteiger partial charge < -0.3 is 52.1 Å². The van der Waals surface area contributed by atoms with E-state index in [0.717, 1.165) is 0 Å². The van der Waals surface area contributed by atoms with Crippen molar-refractivity contribution in [2.75, 3.05) is 20.3 Å². The van der Waals surface area contributed by atoms with Gasteiger partial charge in [0.2, 0.25) is 0 Å². The van der Waals surface area contributed by atoms with Crippen LogP contribution in [0.5, 0.6) is 0 Å². The first-order chi connectivity index (χ1) is 39.0. The van der Waals surface area contributed by atoms with E-state index in [-0.39, 0.29) is 38.9 Å². The molecule has 80 heavy (non-hydrogen) atoms. The van der Waals surface area contributed by atoms with Crippen molar-refractivity contribution < 1.29 is 85.7 Å². The Kier molecular flexibility index (Phi) is 18.6. The molecule has 2 saturated heterocycles. The second-order valence-corrected chi connectivity index (χ2v) is 18.0. The van der Waals surface area contributed by atoms with Crippen LogP contribution in [0.2, 0.25) is 0 Å². The third-order valence-electron chi connectivity index (χ3n) is 12.7. The normalized spacial score (nSPS) is 22.3. The van der Waals surface area contributed by atoms with Crippen LogP contribution in [0, 0.1) is 0 Å². The maximum absolute atomic E-state index is 14.5. The number of carbonyl (C=O) groups is 7. The Balaban J connectivity index is 1.19. The molecule has 0 unspecified atom stereocenters. The zero-order chi connectivity index (χ0) is 55.8. The summed E-state index contributed by atoms with van der Waals surface area (Å²) in [6.45, 7) is -1.39. The lowest BCUT2D eigenvalue weighted by atomic mass is 9.95. The van der Waals surface area contributed by atoms with Gasteiger partial charge in [-0.15, -0.1) is 0 Å². The van der Waals surface area contributed by atoms with E-state index in [2.05, 4.69) is 0 Å². The van der Waals surface area contributed by atoms with Crippen molar-refractivity contribution in [1.29, 1.82) is 0 Å². The Hall–Kier alpha value is -9.33. The van der Waals surface area contributed by atoms with Crippen molar-refractivity contribution in [3.63, 3.8) is 0 Å². The molecule has 2 aliphatic heterocycles.